The zero-order valence-corrected chi connectivity index (χ0v) is 19.0. The number of anilines is 1. The van der Waals surface area contributed by atoms with Crippen LogP contribution in [0, 0.1) is 19.8 Å². The molecule has 1 N–H and O–H groups in total. The van der Waals surface area contributed by atoms with Crippen LogP contribution in [0.25, 0.3) is 11.0 Å². The molecule has 4 rings (SSSR count). The van der Waals surface area contributed by atoms with Crippen LogP contribution in [0.1, 0.15) is 36.5 Å². The predicted octanol–water partition coefficient (Wildman–Crippen LogP) is 4.65. The topological polar surface area (TPSA) is 79.6 Å². The molecule has 0 unspecified atom stereocenters. The third-order valence-electron chi connectivity index (χ3n) is 5.84. The van der Waals surface area contributed by atoms with E-state index in [-0.39, 0.29) is 17.2 Å². The second-order valence-electron chi connectivity index (χ2n) is 8.58. The molecule has 1 aliphatic rings. The molecule has 2 aromatic carbocycles. The first kappa shape index (κ1) is 21.6. The lowest BCUT2D eigenvalue weighted by Crippen LogP contribution is -2.39. The van der Waals surface area contributed by atoms with Gasteiger partial charge in [0, 0.05) is 29.7 Å². The van der Waals surface area contributed by atoms with Gasteiger partial charge in [0.15, 0.2) is 0 Å². The zero-order chi connectivity index (χ0) is 22.2. The van der Waals surface area contributed by atoms with Gasteiger partial charge >= 0.3 is 0 Å². The summed E-state index contributed by atoms with van der Waals surface area (Å²) in [5.41, 5.74) is 4.37. The van der Waals surface area contributed by atoms with Crippen molar-refractivity contribution < 1.29 is 17.6 Å². The molecule has 0 radical (unpaired) electrons. The summed E-state index contributed by atoms with van der Waals surface area (Å²) in [7, 11) is -3.51. The highest BCUT2D eigenvalue weighted by atomic mass is 32.2. The van der Waals surface area contributed by atoms with Crippen molar-refractivity contribution in [2.24, 2.45) is 5.92 Å². The molecule has 1 fully saturated rings. The van der Waals surface area contributed by atoms with Gasteiger partial charge in [-0.3, -0.25) is 4.79 Å². The molecule has 0 bridgehead atoms. The Hall–Kier alpha value is -2.64. The van der Waals surface area contributed by atoms with Crippen LogP contribution in [-0.2, 0) is 21.2 Å². The van der Waals surface area contributed by atoms with Crippen molar-refractivity contribution in [1.82, 2.24) is 4.31 Å². The summed E-state index contributed by atoms with van der Waals surface area (Å²) < 4.78 is 33.0. The summed E-state index contributed by atoms with van der Waals surface area (Å²) in [4.78, 5) is 12.8. The second-order valence-corrected chi connectivity index (χ2v) is 10.5. The van der Waals surface area contributed by atoms with E-state index in [1.165, 1.54) is 0 Å². The van der Waals surface area contributed by atoms with Crippen molar-refractivity contribution in [3.63, 3.8) is 0 Å². The Labute approximate surface area is 183 Å². The number of hydrogen-bond acceptors (Lipinski definition) is 4. The van der Waals surface area contributed by atoms with Crippen LogP contribution >= 0.6 is 0 Å². The monoisotopic (exact) mass is 440 g/mol. The number of sulfonamides is 1. The summed E-state index contributed by atoms with van der Waals surface area (Å²) in [6.07, 6.45) is 3.76. The molecule has 1 atom stereocenters. The standard InChI is InChI=1S/C24H28N2O4S/c1-16-5-4-10-26(14-16)31(28,29)21-8-6-20(7-9-21)25-23(27)13-19-15-30-22-12-17(2)11-18(3)24(19)22/h6-9,11-12,15-16H,4-5,10,13-14H2,1-3H3,(H,25,27)/t16-/m0/s1. The maximum atomic E-state index is 12.9. The molecule has 2 heterocycles. The lowest BCUT2D eigenvalue weighted by molar-refractivity contribution is -0.115. The number of fused-ring (bicyclic) bond motifs is 1. The Morgan fingerprint density at radius 1 is 1.19 bits per heavy atom. The molecule has 7 heteroatoms. The highest BCUT2D eigenvalue weighted by Gasteiger charge is 2.28. The molecule has 1 saturated heterocycles. The Bertz CT molecular complexity index is 1210. The van der Waals surface area contributed by atoms with E-state index in [1.807, 2.05) is 19.9 Å². The van der Waals surface area contributed by atoms with Gasteiger partial charge in [-0.1, -0.05) is 13.0 Å². The molecular formula is C24H28N2O4S. The third kappa shape index (κ3) is 4.52. The fourth-order valence-electron chi connectivity index (χ4n) is 4.36. The zero-order valence-electron chi connectivity index (χ0n) is 18.1. The number of furan rings is 1. The summed E-state index contributed by atoms with van der Waals surface area (Å²) in [5, 5.41) is 3.82. The molecule has 1 aromatic heterocycles. The minimum atomic E-state index is -3.51. The molecule has 164 valence electrons. The molecule has 0 spiro atoms. The first-order chi connectivity index (χ1) is 14.7. The van der Waals surface area contributed by atoms with Gasteiger partial charge in [0.05, 0.1) is 17.6 Å². The van der Waals surface area contributed by atoms with Gasteiger partial charge in [0.2, 0.25) is 15.9 Å². The van der Waals surface area contributed by atoms with Gasteiger partial charge < -0.3 is 9.73 Å². The van der Waals surface area contributed by atoms with Crippen LogP contribution in [0.4, 0.5) is 5.69 Å². The second kappa shape index (κ2) is 8.48. The Kier molecular flexibility index (Phi) is 5.90. The minimum absolute atomic E-state index is 0.178. The average Bonchev–Trinajstić information content (AvgIpc) is 3.11. The number of carbonyl (C=O) groups is 1. The number of rotatable bonds is 5. The van der Waals surface area contributed by atoms with E-state index in [0.717, 1.165) is 40.5 Å². The summed E-state index contributed by atoms with van der Waals surface area (Å²) in [6, 6.07) is 10.4. The maximum Gasteiger partial charge on any atom is 0.243 e. The van der Waals surface area contributed by atoms with E-state index in [2.05, 4.69) is 18.3 Å². The largest absolute Gasteiger partial charge is 0.464 e. The van der Waals surface area contributed by atoms with Crippen molar-refractivity contribution in [3.8, 4) is 0 Å². The molecule has 0 aliphatic carbocycles. The normalized spacial score (nSPS) is 17.7. The molecule has 1 aliphatic heterocycles. The van der Waals surface area contributed by atoms with Crippen molar-refractivity contribution in [2.45, 2.75) is 44.9 Å². The number of nitrogens with one attached hydrogen (secondary N) is 1. The SMILES string of the molecule is Cc1cc(C)c2c(CC(=O)Nc3ccc(S(=O)(=O)N4CCC[C@H](C)C4)cc3)coc2c1. The number of aryl methyl sites for hydroxylation is 2. The highest BCUT2D eigenvalue weighted by molar-refractivity contribution is 7.89. The average molecular weight is 441 g/mol. The van der Waals surface area contributed by atoms with Crippen molar-refractivity contribution in [3.05, 3.63) is 59.4 Å². The van der Waals surface area contributed by atoms with Gasteiger partial charge in [-0.15, -0.1) is 0 Å². The van der Waals surface area contributed by atoms with Crippen molar-refractivity contribution >= 4 is 32.6 Å². The van der Waals surface area contributed by atoms with E-state index < -0.39 is 10.0 Å². The van der Waals surface area contributed by atoms with Gasteiger partial charge in [-0.05, 0) is 74.1 Å². The van der Waals surface area contributed by atoms with Crippen LogP contribution in [0.3, 0.4) is 0 Å². The van der Waals surface area contributed by atoms with Crippen molar-refractivity contribution in [1.29, 1.82) is 0 Å². The van der Waals surface area contributed by atoms with Crippen LogP contribution in [0.2, 0.25) is 0 Å². The smallest absolute Gasteiger partial charge is 0.243 e. The van der Waals surface area contributed by atoms with E-state index in [4.69, 9.17) is 4.42 Å². The molecule has 0 saturated carbocycles. The number of carbonyl (C=O) groups excluding carboxylic acids is 1. The summed E-state index contributed by atoms with van der Waals surface area (Å²) in [5.74, 6) is 0.191. The molecule has 6 nitrogen and oxygen atoms in total. The highest BCUT2D eigenvalue weighted by Crippen LogP contribution is 2.27. The molecule has 1 amide bonds. The number of hydrogen-bond donors (Lipinski definition) is 1. The lowest BCUT2D eigenvalue weighted by atomic mass is 10.0. The molecule has 3 aromatic rings. The van der Waals surface area contributed by atoms with E-state index in [1.54, 1.807) is 34.8 Å². The first-order valence-electron chi connectivity index (χ1n) is 10.6. The molecule has 31 heavy (non-hydrogen) atoms. The van der Waals surface area contributed by atoms with Crippen LogP contribution in [0.15, 0.2) is 52.0 Å². The van der Waals surface area contributed by atoms with Crippen LogP contribution < -0.4 is 5.32 Å². The lowest BCUT2D eigenvalue weighted by Gasteiger charge is -2.30. The third-order valence-corrected chi connectivity index (χ3v) is 7.72. The summed E-state index contributed by atoms with van der Waals surface area (Å²) in [6.45, 7) is 7.21. The fourth-order valence-corrected chi connectivity index (χ4v) is 5.96. The Morgan fingerprint density at radius 2 is 1.94 bits per heavy atom. The Balaban J connectivity index is 1.45. The fraction of sp³-hybridized carbons (Fsp3) is 0.375. The van der Waals surface area contributed by atoms with Crippen LogP contribution in [-0.4, -0.2) is 31.7 Å². The number of nitrogens with zero attached hydrogens (tertiary/aromatic N) is 1. The van der Waals surface area contributed by atoms with E-state index in [9.17, 15) is 13.2 Å². The predicted molar refractivity (Wildman–Crippen MR) is 122 cm³/mol. The number of benzene rings is 2. The van der Waals surface area contributed by atoms with Crippen LogP contribution in [0.5, 0.6) is 0 Å². The Morgan fingerprint density at radius 3 is 2.65 bits per heavy atom. The maximum absolute atomic E-state index is 12.9. The minimum Gasteiger partial charge on any atom is -0.464 e. The van der Waals surface area contributed by atoms with Gasteiger partial charge in [-0.2, -0.15) is 4.31 Å². The number of amides is 1. The van der Waals surface area contributed by atoms with E-state index >= 15 is 0 Å². The molecular weight excluding hydrogens is 412 g/mol. The van der Waals surface area contributed by atoms with E-state index in [0.29, 0.717) is 24.7 Å². The quantitative estimate of drug-likeness (QED) is 0.626. The van der Waals surface area contributed by atoms with Gasteiger partial charge in [-0.25, -0.2) is 8.42 Å². The van der Waals surface area contributed by atoms with Gasteiger partial charge in [0.25, 0.3) is 0 Å². The number of piperidine rings is 1. The van der Waals surface area contributed by atoms with Gasteiger partial charge in [0.1, 0.15) is 5.58 Å². The first-order valence-corrected chi connectivity index (χ1v) is 12.1. The van der Waals surface area contributed by atoms with Crippen molar-refractivity contribution in [2.75, 3.05) is 18.4 Å². The summed E-state index contributed by atoms with van der Waals surface area (Å²) >= 11 is 0.